The molecule has 0 aromatic carbocycles. The van der Waals surface area contributed by atoms with Crippen LogP contribution in [0.4, 0.5) is 5.95 Å². The van der Waals surface area contributed by atoms with Crippen LogP contribution in [0.25, 0.3) is 0 Å². The van der Waals surface area contributed by atoms with Gasteiger partial charge < -0.3 is 9.80 Å². The summed E-state index contributed by atoms with van der Waals surface area (Å²) < 4.78 is 0. The van der Waals surface area contributed by atoms with E-state index in [4.69, 9.17) is 0 Å². The summed E-state index contributed by atoms with van der Waals surface area (Å²) in [5.41, 5.74) is 1.57. The molecule has 6 nitrogen and oxygen atoms in total. The lowest BCUT2D eigenvalue weighted by atomic mass is 9.72. The van der Waals surface area contributed by atoms with Gasteiger partial charge in [-0.15, -0.1) is 0 Å². The van der Waals surface area contributed by atoms with Crippen LogP contribution in [0.1, 0.15) is 57.4 Å². The van der Waals surface area contributed by atoms with Crippen molar-refractivity contribution in [3.63, 3.8) is 0 Å². The topological polar surface area (TPSA) is 52.6 Å². The van der Waals surface area contributed by atoms with Crippen molar-refractivity contribution in [1.29, 1.82) is 0 Å². The van der Waals surface area contributed by atoms with Gasteiger partial charge in [0.2, 0.25) is 11.9 Å². The largest absolute Gasteiger partial charge is 0.342 e. The maximum Gasteiger partial charge on any atom is 0.225 e. The molecule has 6 heteroatoms. The minimum absolute atomic E-state index is 0.344. The SMILES string of the molecule is CCN1CC2(CCC1=O)CCN(Cc1cnc(N3CCCCC3)nc1)CC2. The van der Waals surface area contributed by atoms with Gasteiger partial charge in [-0.2, -0.15) is 0 Å². The van der Waals surface area contributed by atoms with Gasteiger partial charge in [0.25, 0.3) is 0 Å². The molecule has 0 unspecified atom stereocenters. The molecular formula is C21H33N5O. The number of hydrogen-bond acceptors (Lipinski definition) is 5. The van der Waals surface area contributed by atoms with E-state index >= 15 is 0 Å². The number of piperidine rings is 3. The Kier molecular flexibility index (Phi) is 5.62. The smallest absolute Gasteiger partial charge is 0.225 e. The lowest BCUT2D eigenvalue weighted by Gasteiger charge is -2.47. The van der Waals surface area contributed by atoms with Gasteiger partial charge in [-0.3, -0.25) is 9.69 Å². The van der Waals surface area contributed by atoms with Crippen molar-refractivity contribution in [2.45, 2.75) is 58.4 Å². The van der Waals surface area contributed by atoms with E-state index in [1.54, 1.807) is 0 Å². The van der Waals surface area contributed by atoms with E-state index in [0.717, 1.165) is 64.6 Å². The molecule has 148 valence electrons. The van der Waals surface area contributed by atoms with Gasteiger partial charge >= 0.3 is 0 Å². The van der Waals surface area contributed by atoms with Gasteiger partial charge in [-0.25, -0.2) is 9.97 Å². The fourth-order valence-corrected chi connectivity index (χ4v) is 4.93. The molecule has 3 saturated heterocycles. The molecule has 1 aromatic heterocycles. The number of likely N-dealkylation sites (tertiary alicyclic amines) is 2. The second kappa shape index (κ2) is 8.13. The zero-order valence-corrected chi connectivity index (χ0v) is 16.7. The Morgan fingerprint density at radius 2 is 1.70 bits per heavy atom. The van der Waals surface area contributed by atoms with Crippen LogP contribution in [0.2, 0.25) is 0 Å². The molecule has 0 radical (unpaired) electrons. The summed E-state index contributed by atoms with van der Waals surface area (Å²) in [6.07, 6.45) is 12.1. The van der Waals surface area contributed by atoms with Gasteiger partial charge in [0.15, 0.2) is 0 Å². The Labute approximate surface area is 162 Å². The minimum Gasteiger partial charge on any atom is -0.342 e. The lowest BCUT2D eigenvalue weighted by Crippen LogP contribution is -2.51. The maximum atomic E-state index is 12.0. The number of hydrogen-bond donors (Lipinski definition) is 0. The van der Waals surface area contributed by atoms with E-state index in [9.17, 15) is 4.79 Å². The normalized spacial score (nSPS) is 23.8. The summed E-state index contributed by atoms with van der Waals surface area (Å²) in [5.74, 6) is 1.24. The van der Waals surface area contributed by atoms with E-state index in [-0.39, 0.29) is 0 Å². The van der Waals surface area contributed by atoms with E-state index in [1.165, 1.54) is 37.7 Å². The number of carbonyl (C=O) groups excluding carboxylic acids is 1. The Morgan fingerprint density at radius 1 is 1.00 bits per heavy atom. The van der Waals surface area contributed by atoms with Crippen LogP contribution in [-0.4, -0.2) is 64.9 Å². The van der Waals surface area contributed by atoms with E-state index in [0.29, 0.717) is 11.3 Å². The average Bonchev–Trinajstić information content (AvgIpc) is 2.73. The molecule has 0 bridgehead atoms. The quantitative estimate of drug-likeness (QED) is 0.814. The van der Waals surface area contributed by atoms with Crippen LogP contribution in [0, 0.1) is 5.41 Å². The monoisotopic (exact) mass is 371 g/mol. The zero-order chi connectivity index (χ0) is 18.7. The summed E-state index contributed by atoms with van der Waals surface area (Å²) in [5, 5.41) is 0. The van der Waals surface area contributed by atoms with Gasteiger partial charge in [-0.1, -0.05) is 0 Å². The van der Waals surface area contributed by atoms with Crippen molar-refractivity contribution in [3.05, 3.63) is 18.0 Å². The van der Waals surface area contributed by atoms with Crippen molar-refractivity contribution in [2.24, 2.45) is 5.41 Å². The Bertz CT molecular complexity index is 632. The van der Waals surface area contributed by atoms with Crippen molar-refractivity contribution < 1.29 is 4.79 Å². The fourth-order valence-electron chi connectivity index (χ4n) is 4.93. The van der Waals surface area contributed by atoms with E-state index in [2.05, 4.69) is 31.6 Å². The highest BCUT2D eigenvalue weighted by Gasteiger charge is 2.40. The number of anilines is 1. The molecule has 0 aliphatic carbocycles. The van der Waals surface area contributed by atoms with Gasteiger partial charge in [0.1, 0.15) is 0 Å². The van der Waals surface area contributed by atoms with Crippen molar-refractivity contribution >= 4 is 11.9 Å². The first-order chi connectivity index (χ1) is 13.2. The molecule has 1 aromatic rings. The van der Waals surface area contributed by atoms with Crippen molar-refractivity contribution in [3.8, 4) is 0 Å². The Hall–Kier alpha value is -1.69. The predicted molar refractivity (Wildman–Crippen MR) is 107 cm³/mol. The van der Waals surface area contributed by atoms with Crippen LogP contribution in [0.3, 0.4) is 0 Å². The van der Waals surface area contributed by atoms with Crippen LogP contribution in [0.15, 0.2) is 12.4 Å². The molecule has 0 saturated carbocycles. The third kappa shape index (κ3) is 4.26. The molecule has 3 aliphatic heterocycles. The van der Waals surface area contributed by atoms with Crippen molar-refractivity contribution in [1.82, 2.24) is 19.8 Å². The molecule has 1 spiro atoms. The maximum absolute atomic E-state index is 12.0. The van der Waals surface area contributed by atoms with E-state index in [1.807, 2.05) is 12.4 Å². The summed E-state index contributed by atoms with van der Waals surface area (Å²) >= 11 is 0. The highest BCUT2D eigenvalue weighted by atomic mass is 16.2. The predicted octanol–water partition coefficient (Wildman–Crippen LogP) is 2.69. The van der Waals surface area contributed by atoms with Crippen LogP contribution >= 0.6 is 0 Å². The van der Waals surface area contributed by atoms with Crippen molar-refractivity contribution in [2.75, 3.05) is 44.2 Å². The molecule has 0 atom stereocenters. The fraction of sp³-hybridized carbons (Fsp3) is 0.762. The second-order valence-corrected chi connectivity index (χ2v) is 8.62. The van der Waals surface area contributed by atoms with Gasteiger partial charge in [-0.05, 0) is 64.0 Å². The summed E-state index contributed by atoms with van der Waals surface area (Å²) in [7, 11) is 0. The Balaban J connectivity index is 1.29. The van der Waals surface area contributed by atoms with Crippen LogP contribution in [0.5, 0.6) is 0 Å². The molecule has 3 aliphatic rings. The Morgan fingerprint density at radius 3 is 2.37 bits per heavy atom. The first kappa shape index (κ1) is 18.7. The number of amides is 1. The molecule has 4 heterocycles. The summed E-state index contributed by atoms with van der Waals surface area (Å²) in [6, 6.07) is 0. The van der Waals surface area contributed by atoms with E-state index < -0.39 is 0 Å². The summed E-state index contributed by atoms with van der Waals surface area (Å²) in [4.78, 5) is 28.1. The number of rotatable bonds is 4. The second-order valence-electron chi connectivity index (χ2n) is 8.62. The van der Waals surface area contributed by atoms with Gasteiger partial charge in [0, 0.05) is 57.1 Å². The molecule has 1 amide bonds. The van der Waals surface area contributed by atoms with Crippen LogP contribution < -0.4 is 4.90 Å². The van der Waals surface area contributed by atoms with Gasteiger partial charge in [0.05, 0.1) is 0 Å². The standard InChI is InChI=1S/C21H33N5O/c1-2-25-17-21(7-6-19(25)27)8-12-24(13-9-21)16-18-14-22-20(23-15-18)26-10-4-3-5-11-26/h14-15H,2-13,16-17H2,1H3. The molecule has 27 heavy (non-hydrogen) atoms. The van der Waals surface area contributed by atoms with Crippen LogP contribution in [-0.2, 0) is 11.3 Å². The average molecular weight is 372 g/mol. The number of carbonyl (C=O) groups is 1. The minimum atomic E-state index is 0.344. The molecule has 4 rings (SSSR count). The number of nitrogens with zero attached hydrogens (tertiary/aromatic N) is 5. The zero-order valence-electron chi connectivity index (χ0n) is 16.7. The summed E-state index contributed by atoms with van der Waals surface area (Å²) in [6.45, 7) is 9.25. The number of aromatic nitrogens is 2. The first-order valence-electron chi connectivity index (χ1n) is 10.7. The molecular weight excluding hydrogens is 338 g/mol. The highest BCUT2D eigenvalue weighted by Crippen LogP contribution is 2.40. The third-order valence-corrected chi connectivity index (χ3v) is 6.78. The molecule has 3 fully saturated rings. The first-order valence-corrected chi connectivity index (χ1v) is 10.7. The lowest BCUT2D eigenvalue weighted by molar-refractivity contribution is -0.138. The highest BCUT2D eigenvalue weighted by molar-refractivity contribution is 5.77. The third-order valence-electron chi connectivity index (χ3n) is 6.78. The molecule has 0 N–H and O–H groups in total.